The van der Waals surface area contributed by atoms with Crippen molar-refractivity contribution in [2.24, 2.45) is 0 Å². The number of imide groups is 1. The summed E-state index contributed by atoms with van der Waals surface area (Å²) in [7, 11) is 1.67. The molecule has 0 bridgehead atoms. The van der Waals surface area contributed by atoms with Gasteiger partial charge in [-0.1, -0.05) is 30.3 Å². The van der Waals surface area contributed by atoms with E-state index in [1.165, 1.54) is 16.0 Å². The zero-order valence-corrected chi connectivity index (χ0v) is 21.7. The second kappa shape index (κ2) is 10.2. The molecule has 3 amide bonds. The van der Waals surface area contributed by atoms with Crippen LogP contribution >= 0.6 is 0 Å². The van der Waals surface area contributed by atoms with Crippen LogP contribution in [0.25, 0.3) is 10.8 Å². The monoisotopic (exact) mass is 512 g/mol. The number of rotatable bonds is 6. The Balaban J connectivity index is 1.00. The fourth-order valence-electron chi connectivity index (χ4n) is 5.86. The number of fused-ring (bicyclic) bond motifs is 1. The summed E-state index contributed by atoms with van der Waals surface area (Å²) < 4.78 is 5.32. The highest BCUT2D eigenvalue weighted by Crippen LogP contribution is 2.30. The van der Waals surface area contributed by atoms with Gasteiger partial charge in [0.1, 0.15) is 5.75 Å². The smallest absolute Gasteiger partial charge is 0.261 e. The standard InChI is InChI=1S/C30H32N4O4/c1-38-24-9-8-23-19-33(11-10-22(23)18-24)27(35)20-32-14-12-31(13-15-32)16-17-34-29(36)25-6-2-4-21-5-3-7-26(28(21)25)30(34)37/h2-9,18H,10-17,19-20H2,1H3. The normalized spacial score (nSPS) is 18.1. The van der Waals surface area contributed by atoms with Crippen molar-refractivity contribution in [3.05, 3.63) is 76.9 Å². The van der Waals surface area contributed by atoms with E-state index in [0.29, 0.717) is 37.3 Å². The van der Waals surface area contributed by atoms with E-state index in [0.717, 1.165) is 55.7 Å². The van der Waals surface area contributed by atoms with Crippen LogP contribution in [-0.4, -0.2) is 96.8 Å². The number of piperazine rings is 1. The maximum atomic E-state index is 13.1. The van der Waals surface area contributed by atoms with Crippen LogP contribution in [0.1, 0.15) is 31.8 Å². The van der Waals surface area contributed by atoms with Crippen molar-refractivity contribution < 1.29 is 19.1 Å². The summed E-state index contributed by atoms with van der Waals surface area (Å²) in [6.07, 6.45) is 0.846. The molecule has 3 aromatic rings. The summed E-state index contributed by atoms with van der Waals surface area (Å²) in [5, 5.41) is 1.68. The van der Waals surface area contributed by atoms with Gasteiger partial charge in [0.15, 0.2) is 0 Å². The first-order valence-corrected chi connectivity index (χ1v) is 13.3. The van der Waals surface area contributed by atoms with E-state index >= 15 is 0 Å². The van der Waals surface area contributed by atoms with E-state index in [-0.39, 0.29) is 17.7 Å². The summed E-state index contributed by atoms with van der Waals surface area (Å²) in [6, 6.07) is 17.3. The van der Waals surface area contributed by atoms with Gasteiger partial charge in [0.25, 0.3) is 11.8 Å². The van der Waals surface area contributed by atoms with E-state index in [1.807, 2.05) is 35.2 Å². The maximum Gasteiger partial charge on any atom is 0.261 e. The molecule has 1 saturated heterocycles. The van der Waals surface area contributed by atoms with Crippen molar-refractivity contribution in [2.45, 2.75) is 13.0 Å². The third-order valence-corrected chi connectivity index (χ3v) is 8.10. The van der Waals surface area contributed by atoms with Crippen LogP contribution in [0.5, 0.6) is 5.75 Å². The summed E-state index contributed by atoms with van der Waals surface area (Å²) in [4.78, 5) is 47.1. The molecular weight excluding hydrogens is 480 g/mol. The Hall–Kier alpha value is -3.75. The van der Waals surface area contributed by atoms with Gasteiger partial charge >= 0.3 is 0 Å². The molecule has 0 radical (unpaired) electrons. The van der Waals surface area contributed by atoms with Gasteiger partial charge in [-0.2, -0.15) is 0 Å². The lowest BCUT2D eigenvalue weighted by Gasteiger charge is -2.37. The van der Waals surface area contributed by atoms with Crippen LogP contribution in [0.15, 0.2) is 54.6 Å². The first-order valence-electron chi connectivity index (χ1n) is 13.3. The van der Waals surface area contributed by atoms with Crippen LogP contribution < -0.4 is 4.74 Å². The van der Waals surface area contributed by atoms with Crippen molar-refractivity contribution >= 4 is 28.5 Å². The van der Waals surface area contributed by atoms with Crippen LogP contribution in [0.4, 0.5) is 0 Å². The molecule has 0 aliphatic carbocycles. The Morgan fingerprint density at radius 1 is 0.816 bits per heavy atom. The molecule has 6 rings (SSSR count). The van der Waals surface area contributed by atoms with Crippen molar-refractivity contribution in [2.75, 3.05) is 59.5 Å². The molecule has 0 atom stereocenters. The van der Waals surface area contributed by atoms with Crippen molar-refractivity contribution in [1.29, 1.82) is 0 Å². The van der Waals surface area contributed by atoms with E-state index in [2.05, 4.69) is 21.9 Å². The average Bonchev–Trinajstić information content (AvgIpc) is 2.96. The Morgan fingerprint density at radius 3 is 2.18 bits per heavy atom. The number of carbonyl (C=O) groups excluding carboxylic acids is 3. The highest BCUT2D eigenvalue weighted by Gasteiger charge is 2.33. The second-order valence-electron chi connectivity index (χ2n) is 10.3. The first-order chi connectivity index (χ1) is 18.5. The molecule has 3 aromatic carbocycles. The molecule has 3 heterocycles. The Morgan fingerprint density at radius 2 is 1.50 bits per heavy atom. The Labute approximate surface area is 222 Å². The minimum absolute atomic E-state index is 0.164. The third kappa shape index (κ3) is 4.54. The lowest BCUT2D eigenvalue weighted by atomic mass is 9.94. The number of hydrogen-bond acceptors (Lipinski definition) is 6. The molecule has 3 aliphatic heterocycles. The highest BCUT2D eigenvalue weighted by molar-refractivity contribution is 6.25. The van der Waals surface area contributed by atoms with Gasteiger partial charge in [-0.25, -0.2) is 0 Å². The predicted octanol–water partition coefficient (Wildman–Crippen LogP) is 2.65. The van der Waals surface area contributed by atoms with Gasteiger partial charge in [-0.15, -0.1) is 0 Å². The summed E-state index contributed by atoms with van der Waals surface area (Å²) in [6.45, 7) is 5.97. The molecule has 0 unspecified atom stereocenters. The molecule has 3 aliphatic rings. The number of methoxy groups -OCH3 is 1. The van der Waals surface area contributed by atoms with Crippen LogP contribution in [-0.2, 0) is 17.8 Å². The number of nitrogens with zero attached hydrogens (tertiary/aromatic N) is 4. The van der Waals surface area contributed by atoms with Gasteiger partial charge in [0.2, 0.25) is 5.91 Å². The van der Waals surface area contributed by atoms with E-state index in [9.17, 15) is 14.4 Å². The molecule has 8 heteroatoms. The second-order valence-corrected chi connectivity index (χ2v) is 10.3. The van der Waals surface area contributed by atoms with Gasteiger partial charge in [0, 0.05) is 68.9 Å². The lowest BCUT2D eigenvalue weighted by molar-refractivity contribution is -0.133. The van der Waals surface area contributed by atoms with Gasteiger partial charge in [-0.05, 0) is 47.2 Å². The number of hydrogen-bond donors (Lipinski definition) is 0. The molecule has 0 aromatic heterocycles. The van der Waals surface area contributed by atoms with E-state index in [4.69, 9.17) is 4.74 Å². The molecule has 0 saturated carbocycles. The molecule has 8 nitrogen and oxygen atoms in total. The first kappa shape index (κ1) is 24.6. The highest BCUT2D eigenvalue weighted by atomic mass is 16.5. The molecule has 38 heavy (non-hydrogen) atoms. The Bertz CT molecular complexity index is 1360. The van der Waals surface area contributed by atoms with Gasteiger partial charge in [-0.3, -0.25) is 29.1 Å². The number of carbonyl (C=O) groups is 3. The summed E-state index contributed by atoms with van der Waals surface area (Å²) in [5.41, 5.74) is 3.64. The average molecular weight is 513 g/mol. The SMILES string of the molecule is COc1ccc2c(c1)CCN(C(=O)CN1CCN(CCN3C(=O)c4cccc5cccc(c45)C3=O)CC1)C2. The lowest BCUT2D eigenvalue weighted by Crippen LogP contribution is -2.52. The third-order valence-electron chi connectivity index (χ3n) is 8.10. The Kier molecular flexibility index (Phi) is 6.59. The maximum absolute atomic E-state index is 13.1. The summed E-state index contributed by atoms with van der Waals surface area (Å²) in [5.74, 6) is 0.588. The molecular formula is C30H32N4O4. The zero-order valence-electron chi connectivity index (χ0n) is 21.7. The van der Waals surface area contributed by atoms with E-state index in [1.54, 1.807) is 19.2 Å². The molecule has 1 fully saturated rings. The number of ether oxygens (including phenoxy) is 1. The largest absolute Gasteiger partial charge is 0.497 e. The van der Waals surface area contributed by atoms with Gasteiger partial charge in [0.05, 0.1) is 13.7 Å². The fourth-order valence-corrected chi connectivity index (χ4v) is 5.86. The number of amides is 3. The minimum Gasteiger partial charge on any atom is -0.497 e. The van der Waals surface area contributed by atoms with Crippen molar-refractivity contribution in [3.8, 4) is 5.75 Å². The van der Waals surface area contributed by atoms with Crippen LogP contribution in [0.3, 0.4) is 0 Å². The van der Waals surface area contributed by atoms with Crippen LogP contribution in [0, 0.1) is 0 Å². The van der Waals surface area contributed by atoms with E-state index < -0.39 is 0 Å². The quantitative estimate of drug-likeness (QED) is 0.473. The van der Waals surface area contributed by atoms with Gasteiger partial charge < -0.3 is 9.64 Å². The predicted molar refractivity (Wildman–Crippen MR) is 144 cm³/mol. The fraction of sp³-hybridized carbons (Fsp3) is 0.367. The summed E-state index contributed by atoms with van der Waals surface area (Å²) >= 11 is 0. The minimum atomic E-state index is -0.218. The van der Waals surface area contributed by atoms with Crippen molar-refractivity contribution in [1.82, 2.24) is 19.6 Å². The molecule has 0 N–H and O–H groups in total. The molecule has 196 valence electrons. The van der Waals surface area contributed by atoms with Crippen molar-refractivity contribution in [3.63, 3.8) is 0 Å². The van der Waals surface area contributed by atoms with Crippen LogP contribution in [0.2, 0.25) is 0 Å². The molecule has 0 spiro atoms. The number of benzene rings is 3. The topological polar surface area (TPSA) is 73.4 Å². The zero-order chi connectivity index (χ0) is 26.2.